The summed E-state index contributed by atoms with van der Waals surface area (Å²) in [6.45, 7) is 3.02. The Morgan fingerprint density at radius 3 is 2.59 bits per heavy atom. The van der Waals surface area contributed by atoms with Gasteiger partial charge in [-0.15, -0.1) is 0 Å². The second kappa shape index (κ2) is 7.24. The van der Waals surface area contributed by atoms with Crippen molar-refractivity contribution in [3.63, 3.8) is 0 Å². The number of piperidine rings is 1. The van der Waals surface area contributed by atoms with Crippen molar-refractivity contribution < 1.29 is 13.2 Å². The number of carbonyl (C=O) groups is 1. The van der Waals surface area contributed by atoms with Crippen molar-refractivity contribution in [2.24, 2.45) is 0 Å². The smallest absolute Gasteiger partial charge is 0.220 e. The van der Waals surface area contributed by atoms with E-state index in [1.54, 1.807) is 0 Å². The summed E-state index contributed by atoms with van der Waals surface area (Å²) in [5.74, 6) is 0.0410. The molecule has 22 heavy (non-hydrogen) atoms. The third kappa shape index (κ3) is 5.10. The summed E-state index contributed by atoms with van der Waals surface area (Å²) >= 11 is 0. The van der Waals surface area contributed by atoms with Gasteiger partial charge in [-0.25, -0.2) is 12.7 Å². The number of aryl methyl sites for hydroxylation is 2. The third-order valence-electron chi connectivity index (χ3n) is 4.01. The predicted molar refractivity (Wildman–Crippen MR) is 87.1 cm³/mol. The number of hydrogen-bond donors (Lipinski definition) is 1. The predicted octanol–water partition coefficient (Wildman–Crippen LogP) is 1.47. The van der Waals surface area contributed by atoms with E-state index < -0.39 is 10.0 Å². The molecule has 0 aliphatic carbocycles. The van der Waals surface area contributed by atoms with Gasteiger partial charge in [-0.2, -0.15) is 0 Å². The van der Waals surface area contributed by atoms with Gasteiger partial charge < -0.3 is 5.32 Å². The second-order valence-electron chi connectivity index (χ2n) is 5.99. The van der Waals surface area contributed by atoms with Gasteiger partial charge >= 0.3 is 0 Å². The zero-order chi connectivity index (χ0) is 16.2. The van der Waals surface area contributed by atoms with Crippen molar-refractivity contribution in [1.82, 2.24) is 9.62 Å². The fourth-order valence-corrected chi connectivity index (χ4v) is 3.63. The average Bonchev–Trinajstić information content (AvgIpc) is 2.45. The lowest BCUT2D eigenvalue weighted by molar-refractivity contribution is -0.122. The summed E-state index contributed by atoms with van der Waals surface area (Å²) in [6, 6.07) is 8.26. The molecule has 0 spiro atoms. The number of amides is 1. The Balaban J connectivity index is 1.74. The van der Waals surface area contributed by atoms with Gasteiger partial charge in [-0.3, -0.25) is 4.79 Å². The average molecular weight is 324 g/mol. The highest BCUT2D eigenvalue weighted by Gasteiger charge is 2.25. The number of sulfonamides is 1. The van der Waals surface area contributed by atoms with Gasteiger partial charge in [0.1, 0.15) is 0 Å². The van der Waals surface area contributed by atoms with Crippen molar-refractivity contribution in [3.8, 4) is 0 Å². The molecule has 1 aromatic rings. The van der Waals surface area contributed by atoms with Crippen LogP contribution in [-0.2, 0) is 21.2 Å². The van der Waals surface area contributed by atoms with Crippen LogP contribution in [0.5, 0.6) is 0 Å². The van der Waals surface area contributed by atoms with E-state index in [-0.39, 0.29) is 11.9 Å². The molecule has 0 radical (unpaired) electrons. The Morgan fingerprint density at radius 2 is 2.00 bits per heavy atom. The molecule has 1 aliphatic heterocycles. The van der Waals surface area contributed by atoms with Crippen LogP contribution in [0.2, 0.25) is 0 Å². The summed E-state index contributed by atoms with van der Waals surface area (Å²) in [5.41, 5.74) is 2.37. The minimum absolute atomic E-state index is 0.0410. The SMILES string of the molecule is Cc1cccc(CCC(=O)NC2CCN(S(C)(=O)=O)CC2)c1. The second-order valence-corrected chi connectivity index (χ2v) is 7.98. The topological polar surface area (TPSA) is 66.5 Å². The van der Waals surface area contributed by atoms with Crippen LogP contribution in [0.4, 0.5) is 0 Å². The molecule has 5 nitrogen and oxygen atoms in total. The van der Waals surface area contributed by atoms with Crippen molar-refractivity contribution in [2.75, 3.05) is 19.3 Å². The van der Waals surface area contributed by atoms with Crippen LogP contribution in [0.25, 0.3) is 0 Å². The molecule has 1 saturated heterocycles. The standard InChI is InChI=1S/C16H24N2O3S/c1-13-4-3-5-14(12-13)6-7-16(19)17-15-8-10-18(11-9-15)22(2,20)21/h3-5,12,15H,6-11H2,1-2H3,(H,17,19). The zero-order valence-electron chi connectivity index (χ0n) is 13.2. The Morgan fingerprint density at radius 1 is 1.32 bits per heavy atom. The lowest BCUT2D eigenvalue weighted by Crippen LogP contribution is -2.46. The lowest BCUT2D eigenvalue weighted by atomic mass is 10.0. The van der Waals surface area contributed by atoms with Gasteiger partial charge in [-0.1, -0.05) is 29.8 Å². The van der Waals surface area contributed by atoms with E-state index in [9.17, 15) is 13.2 Å². The quantitative estimate of drug-likeness (QED) is 0.892. The molecule has 1 heterocycles. The van der Waals surface area contributed by atoms with E-state index >= 15 is 0 Å². The van der Waals surface area contributed by atoms with E-state index in [2.05, 4.69) is 11.4 Å². The van der Waals surface area contributed by atoms with Gasteiger partial charge in [0.2, 0.25) is 15.9 Å². The number of rotatable bonds is 5. The number of hydrogen-bond acceptors (Lipinski definition) is 3. The van der Waals surface area contributed by atoms with Crippen molar-refractivity contribution in [2.45, 2.75) is 38.6 Å². The van der Waals surface area contributed by atoms with Crippen molar-refractivity contribution in [1.29, 1.82) is 0 Å². The first kappa shape index (κ1) is 17.0. The molecular weight excluding hydrogens is 300 g/mol. The third-order valence-corrected chi connectivity index (χ3v) is 5.31. The molecule has 0 atom stereocenters. The maximum Gasteiger partial charge on any atom is 0.220 e. The summed E-state index contributed by atoms with van der Waals surface area (Å²) in [7, 11) is -3.11. The van der Waals surface area contributed by atoms with Crippen LogP contribution in [-0.4, -0.2) is 44.0 Å². The Bertz CT molecular complexity index is 620. The first-order valence-corrected chi connectivity index (χ1v) is 9.49. The van der Waals surface area contributed by atoms with Crippen LogP contribution in [0, 0.1) is 6.92 Å². The molecule has 1 fully saturated rings. The Hall–Kier alpha value is -1.40. The Kier molecular flexibility index (Phi) is 5.58. The molecule has 0 aromatic heterocycles. The normalized spacial score (nSPS) is 17.4. The minimum atomic E-state index is -3.11. The maximum absolute atomic E-state index is 12.0. The number of benzene rings is 1. The first-order valence-electron chi connectivity index (χ1n) is 7.64. The molecule has 0 bridgehead atoms. The van der Waals surface area contributed by atoms with Crippen molar-refractivity contribution >= 4 is 15.9 Å². The van der Waals surface area contributed by atoms with E-state index in [4.69, 9.17) is 0 Å². The van der Waals surface area contributed by atoms with E-state index in [0.29, 0.717) is 32.4 Å². The molecular formula is C16H24N2O3S. The molecule has 1 amide bonds. The van der Waals surface area contributed by atoms with Crippen LogP contribution in [0.1, 0.15) is 30.4 Å². The van der Waals surface area contributed by atoms with Crippen LogP contribution < -0.4 is 5.32 Å². The lowest BCUT2D eigenvalue weighted by Gasteiger charge is -2.30. The summed E-state index contributed by atoms with van der Waals surface area (Å²) in [4.78, 5) is 12.0. The van der Waals surface area contributed by atoms with Gasteiger partial charge in [0, 0.05) is 25.6 Å². The molecule has 0 unspecified atom stereocenters. The molecule has 1 aromatic carbocycles. The Labute approximate surface area is 132 Å². The van der Waals surface area contributed by atoms with E-state index in [0.717, 1.165) is 6.42 Å². The fourth-order valence-electron chi connectivity index (χ4n) is 2.76. The van der Waals surface area contributed by atoms with E-state index in [1.165, 1.54) is 21.7 Å². The molecule has 6 heteroatoms. The molecule has 0 saturated carbocycles. The van der Waals surface area contributed by atoms with Crippen LogP contribution in [0.3, 0.4) is 0 Å². The highest BCUT2D eigenvalue weighted by molar-refractivity contribution is 7.88. The fraction of sp³-hybridized carbons (Fsp3) is 0.562. The van der Waals surface area contributed by atoms with Crippen molar-refractivity contribution in [3.05, 3.63) is 35.4 Å². The molecule has 2 rings (SSSR count). The van der Waals surface area contributed by atoms with Gasteiger partial charge in [0.15, 0.2) is 0 Å². The largest absolute Gasteiger partial charge is 0.353 e. The highest BCUT2D eigenvalue weighted by atomic mass is 32.2. The van der Waals surface area contributed by atoms with Gasteiger partial charge in [0.05, 0.1) is 6.26 Å². The summed E-state index contributed by atoms with van der Waals surface area (Å²) in [6.07, 6.45) is 3.80. The van der Waals surface area contributed by atoms with Gasteiger partial charge in [0.25, 0.3) is 0 Å². The molecule has 122 valence electrons. The monoisotopic (exact) mass is 324 g/mol. The first-order chi connectivity index (χ1) is 10.3. The summed E-state index contributed by atoms with van der Waals surface area (Å²) in [5, 5.41) is 3.02. The summed E-state index contributed by atoms with van der Waals surface area (Å²) < 4.78 is 24.4. The number of nitrogens with one attached hydrogen (secondary N) is 1. The van der Waals surface area contributed by atoms with Crippen LogP contribution >= 0.6 is 0 Å². The number of carbonyl (C=O) groups excluding carboxylic acids is 1. The molecule has 1 aliphatic rings. The minimum Gasteiger partial charge on any atom is -0.353 e. The maximum atomic E-state index is 12.0. The van der Waals surface area contributed by atoms with Gasteiger partial charge in [-0.05, 0) is 31.7 Å². The number of nitrogens with zero attached hydrogens (tertiary/aromatic N) is 1. The van der Waals surface area contributed by atoms with E-state index in [1.807, 2.05) is 25.1 Å². The highest BCUT2D eigenvalue weighted by Crippen LogP contribution is 2.13. The molecule has 1 N–H and O–H groups in total. The zero-order valence-corrected chi connectivity index (χ0v) is 14.0. The van der Waals surface area contributed by atoms with Crippen LogP contribution in [0.15, 0.2) is 24.3 Å².